The van der Waals surface area contributed by atoms with E-state index in [1.807, 2.05) is 48.8 Å². The first kappa shape index (κ1) is 18.1. The number of nitrogens with zero attached hydrogens (tertiary/aromatic N) is 2. The molecule has 0 saturated carbocycles. The topological polar surface area (TPSA) is 75.3 Å². The number of fused-ring (bicyclic) bond motifs is 2. The van der Waals surface area contributed by atoms with Crippen LogP contribution in [0.5, 0.6) is 5.75 Å². The third-order valence-corrected chi connectivity index (χ3v) is 5.31. The number of aldehydes is 1. The molecule has 148 valence electrons. The van der Waals surface area contributed by atoms with Crippen molar-refractivity contribution in [3.8, 4) is 16.9 Å². The molecule has 1 amide bonds. The van der Waals surface area contributed by atoms with Gasteiger partial charge in [-0.1, -0.05) is 24.3 Å². The summed E-state index contributed by atoms with van der Waals surface area (Å²) in [6.07, 6.45) is 4.48. The highest BCUT2D eigenvalue weighted by molar-refractivity contribution is 5.98. The van der Waals surface area contributed by atoms with Crippen molar-refractivity contribution >= 4 is 23.2 Å². The molecule has 0 saturated heterocycles. The second kappa shape index (κ2) is 7.48. The predicted octanol–water partition coefficient (Wildman–Crippen LogP) is 4.08. The normalized spacial score (nSPS) is 13.6. The SMILES string of the molecule is O=Cc1cccc(CN2CCOc3cc(-c4cnc5[nH]ccc5c4)ccc3C2=O)c1. The number of hydrogen-bond donors (Lipinski definition) is 1. The Hall–Kier alpha value is -3.93. The van der Waals surface area contributed by atoms with Gasteiger partial charge < -0.3 is 14.6 Å². The van der Waals surface area contributed by atoms with Gasteiger partial charge in [0, 0.05) is 35.5 Å². The molecule has 6 heteroatoms. The van der Waals surface area contributed by atoms with Crippen molar-refractivity contribution in [3.05, 3.63) is 83.7 Å². The van der Waals surface area contributed by atoms with E-state index in [0.29, 0.717) is 36.6 Å². The van der Waals surface area contributed by atoms with E-state index in [4.69, 9.17) is 4.74 Å². The van der Waals surface area contributed by atoms with E-state index in [-0.39, 0.29) is 5.91 Å². The molecule has 0 unspecified atom stereocenters. The molecule has 1 aliphatic rings. The summed E-state index contributed by atoms with van der Waals surface area (Å²) in [6.45, 7) is 1.31. The van der Waals surface area contributed by atoms with E-state index in [1.165, 1.54) is 0 Å². The van der Waals surface area contributed by atoms with Gasteiger partial charge in [-0.05, 0) is 41.5 Å². The number of nitrogens with one attached hydrogen (secondary N) is 1. The van der Waals surface area contributed by atoms with Crippen molar-refractivity contribution in [2.24, 2.45) is 0 Å². The first-order valence-electron chi connectivity index (χ1n) is 9.75. The molecule has 3 heterocycles. The van der Waals surface area contributed by atoms with Crippen molar-refractivity contribution in [3.63, 3.8) is 0 Å². The molecule has 4 aromatic rings. The zero-order valence-corrected chi connectivity index (χ0v) is 16.2. The van der Waals surface area contributed by atoms with Crippen LogP contribution in [0.2, 0.25) is 0 Å². The van der Waals surface area contributed by atoms with Crippen LogP contribution in [0.3, 0.4) is 0 Å². The molecule has 5 rings (SSSR count). The molecular weight excluding hydrogens is 378 g/mol. The van der Waals surface area contributed by atoms with Gasteiger partial charge in [0.05, 0.1) is 12.1 Å². The van der Waals surface area contributed by atoms with E-state index < -0.39 is 0 Å². The Morgan fingerprint density at radius 1 is 1.10 bits per heavy atom. The average molecular weight is 397 g/mol. The summed E-state index contributed by atoms with van der Waals surface area (Å²) in [4.78, 5) is 33.5. The molecule has 2 aromatic carbocycles. The summed E-state index contributed by atoms with van der Waals surface area (Å²) in [6, 6.07) is 17.0. The Morgan fingerprint density at radius 3 is 2.93 bits per heavy atom. The maximum Gasteiger partial charge on any atom is 0.258 e. The van der Waals surface area contributed by atoms with E-state index in [1.54, 1.807) is 17.0 Å². The van der Waals surface area contributed by atoms with Crippen LogP contribution in [-0.2, 0) is 6.54 Å². The van der Waals surface area contributed by atoms with Crippen LogP contribution in [0.15, 0.2) is 67.0 Å². The summed E-state index contributed by atoms with van der Waals surface area (Å²) in [5, 5.41) is 1.03. The molecular formula is C24H19N3O3. The monoisotopic (exact) mass is 397 g/mol. The fourth-order valence-corrected chi connectivity index (χ4v) is 3.77. The highest BCUT2D eigenvalue weighted by atomic mass is 16.5. The van der Waals surface area contributed by atoms with Gasteiger partial charge in [0.2, 0.25) is 0 Å². The smallest absolute Gasteiger partial charge is 0.258 e. The van der Waals surface area contributed by atoms with Gasteiger partial charge in [-0.3, -0.25) is 9.59 Å². The van der Waals surface area contributed by atoms with Gasteiger partial charge in [-0.25, -0.2) is 4.98 Å². The van der Waals surface area contributed by atoms with Gasteiger partial charge in [-0.2, -0.15) is 0 Å². The fourth-order valence-electron chi connectivity index (χ4n) is 3.77. The maximum absolute atomic E-state index is 13.1. The molecule has 0 radical (unpaired) electrons. The van der Waals surface area contributed by atoms with Crippen LogP contribution < -0.4 is 4.74 Å². The Labute approximate surface area is 173 Å². The van der Waals surface area contributed by atoms with Gasteiger partial charge >= 0.3 is 0 Å². The standard InChI is InChI=1S/C24H19N3O3/c28-15-17-3-1-2-16(10-17)14-27-8-9-30-22-12-18(4-5-21(22)24(27)29)20-11-19-6-7-25-23(19)26-13-20/h1-7,10-13,15H,8-9,14H2,(H,25,26). The third-order valence-electron chi connectivity index (χ3n) is 5.31. The van der Waals surface area contributed by atoms with Crippen molar-refractivity contribution in [1.29, 1.82) is 0 Å². The highest BCUT2D eigenvalue weighted by Gasteiger charge is 2.24. The van der Waals surface area contributed by atoms with Crippen LogP contribution in [0, 0.1) is 0 Å². The molecule has 6 nitrogen and oxygen atoms in total. The van der Waals surface area contributed by atoms with Gasteiger partial charge in [0.25, 0.3) is 5.91 Å². The summed E-state index contributed by atoms with van der Waals surface area (Å²) in [7, 11) is 0. The molecule has 1 aliphatic heterocycles. The van der Waals surface area contributed by atoms with Crippen molar-refractivity contribution in [2.45, 2.75) is 6.54 Å². The molecule has 0 aliphatic carbocycles. The van der Waals surface area contributed by atoms with E-state index in [0.717, 1.165) is 34.0 Å². The van der Waals surface area contributed by atoms with Crippen molar-refractivity contribution < 1.29 is 14.3 Å². The number of aromatic nitrogens is 2. The first-order valence-corrected chi connectivity index (χ1v) is 9.75. The predicted molar refractivity (Wildman–Crippen MR) is 114 cm³/mol. The Balaban J connectivity index is 1.44. The third kappa shape index (κ3) is 3.33. The van der Waals surface area contributed by atoms with E-state index >= 15 is 0 Å². The largest absolute Gasteiger partial charge is 0.491 e. The molecule has 0 spiro atoms. The number of carbonyl (C=O) groups is 2. The Kier molecular flexibility index (Phi) is 4.52. The minimum absolute atomic E-state index is 0.0789. The minimum atomic E-state index is -0.0789. The lowest BCUT2D eigenvalue weighted by Crippen LogP contribution is -2.31. The number of hydrogen-bond acceptors (Lipinski definition) is 4. The van der Waals surface area contributed by atoms with E-state index in [2.05, 4.69) is 16.0 Å². The van der Waals surface area contributed by atoms with Gasteiger partial charge in [0.1, 0.15) is 24.3 Å². The number of benzene rings is 2. The van der Waals surface area contributed by atoms with Crippen molar-refractivity contribution in [2.75, 3.05) is 13.2 Å². The number of pyridine rings is 1. The molecule has 2 aromatic heterocycles. The number of carbonyl (C=O) groups excluding carboxylic acids is 2. The Bertz CT molecular complexity index is 1260. The second-order valence-electron chi connectivity index (χ2n) is 7.29. The number of rotatable bonds is 4. The second-order valence-corrected chi connectivity index (χ2v) is 7.29. The quantitative estimate of drug-likeness (QED) is 0.527. The minimum Gasteiger partial charge on any atom is -0.491 e. The molecule has 1 N–H and O–H groups in total. The van der Waals surface area contributed by atoms with Crippen LogP contribution in [0.25, 0.3) is 22.2 Å². The lowest BCUT2D eigenvalue weighted by atomic mass is 10.0. The lowest BCUT2D eigenvalue weighted by Gasteiger charge is -2.20. The highest BCUT2D eigenvalue weighted by Crippen LogP contribution is 2.31. The lowest BCUT2D eigenvalue weighted by molar-refractivity contribution is 0.0743. The van der Waals surface area contributed by atoms with Crippen LogP contribution in [0.1, 0.15) is 26.3 Å². The number of aromatic amines is 1. The van der Waals surface area contributed by atoms with Gasteiger partial charge in [0.15, 0.2) is 0 Å². The zero-order valence-electron chi connectivity index (χ0n) is 16.2. The summed E-state index contributed by atoms with van der Waals surface area (Å²) >= 11 is 0. The number of amides is 1. The molecule has 0 atom stereocenters. The maximum atomic E-state index is 13.1. The Morgan fingerprint density at radius 2 is 2.03 bits per heavy atom. The molecule has 0 bridgehead atoms. The van der Waals surface area contributed by atoms with E-state index in [9.17, 15) is 9.59 Å². The number of ether oxygens (including phenoxy) is 1. The van der Waals surface area contributed by atoms with Crippen molar-refractivity contribution in [1.82, 2.24) is 14.9 Å². The van der Waals surface area contributed by atoms with Crippen LogP contribution in [-0.4, -0.2) is 40.2 Å². The first-order chi connectivity index (χ1) is 14.7. The summed E-state index contributed by atoms with van der Waals surface area (Å²) < 4.78 is 5.92. The average Bonchev–Trinajstić information content (AvgIpc) is 3.20. The fraction of sp³-hybridized carbons (Fsp3) is 0.125. The number of H-pyrrole nitrogens is 1. The zero-order chi connectivity index (χ0) is 20.5. The van der Waals surface area contributed by atoms with Crippen LogP contribution >= 0.6 is 0 Å². The van der Waals surface area contributed by atoms with Crippen LogP contribution in [0.4, 0.5) is 0 Å². The molecule has 30 heavy (non-hydrogen) atoms. The summed E-state index contributed by atoms with van der Waals surface area (Å²) in [5.74, 6) is 0.501. The summed E-state index contributed by atoms with van der Waals surface area (Å²) in [5.41, 5.74) is 4.81. The molecule has 0 fully saturated rings. The van der Waals surface area contributed by atoms with Gasteiger partial charge in [-0.15, -0.1) is 0 Å².